The van der Waals surface area contributed by atoms with Gasteiger partial charge in [-0.15, -0.1) is 0 Å². The molecule has 2 aliphatic carbocycles. The predicted octanol–water partition coefficient (Wildman–Crippen LogP) is 3.06. The summed E-state index contributed by atoms with van der Waals surface area (Å²) in [5.41, 5.74) is 3.02. The van der Waals surface area contributed by atoms with Gasteiger partial charge in [-0.3, -0.25) is 9.48 Å². The molecule has 27 heavy (non-hydrogen) atoms. The highest BCUT2D eigenvalue weighted by atomic mass is 16.3. The molecule has 0 spiro atoms. The first-order chi connectivity index (χ1) is 13.2. The minimum atomic E-state index is -0.0691. The van der Waals surface area contributed by atoms with E-state index in [0.29, 0.717) is 17.7 Å². The Labute approximate surface area is 160 Å². The summed E-state index contributed by atoms with van der Waals surface area (Å²) >= 11 is 0. The van der Waals surface area contributed by atoms with Gasteiger partial charge in [0.15, 0.2) is 5.69 Å². The molecule has 1 unspecified atom stereocenters. The fourth-order valence-corrected chi connectivity index (χ4v) is 4.59. The van der Waals surface area contributed by atoms with Crippen molar-refractivity contribution in [3.05, 3.63) is 41.1 Å². The zero-order valence-electron chi connectivity index (χ0n) is 16.2. The van der Waals surface area contributed by atoms with Crippen LogP contribution in [0.2, 0.25) is 0 Å². The van der Waals surface area contributed by atoms with Gasteiger partial charge in [0.05, 0.1) is 12.8 Å². The number of amides is 1. The zero-order chi connectivity index (χ0) is 18.6. The number of hydrogen-bond donors (Lipinski definition) is 2. The number of carbonyl (C=O) groups is 1. The third-order valence-corrected chi connectivity index (χ3v) is 6.09. The molecule has 0 saturated heterocycles. The molecule has 1 saturated carbocycles. The molecule has 2 aromatic heterocycles. The van der Waals surface area contributed by atoms with Gasteiger partial charge >= 0.3 is 0 Å². The highest BCUT2D eigenvalue weighted by Gasteiger charge is 2.29. The molecule has 6 heteroatoms. The fourth-order valence-electron chi connectivity index (χ4n) is 4.59. The second-order valence-corrected chi connectivity index (χ2v) is 7.94. The van der Waals surface area contributed by atoms with Crippen molar-refractivity contribution in [3.63, 3.8) is 0 Å². The minimum Gasteiger partial charge on any atom is -0.468 e. The molecule has 6 nitrogen and oxygen atoms in total. The number of rotatable bonds is 6. The smallest absolute Gasteiger partial charge is 0.271 e. The second-order valence-electron chi connectivity index (χ2n) is 7.94. The minimum absolute atomic E-state index is 0.0691. The van der Waals surface area contributed by atoms with Gasteiger partial charge in [0.1, 0.15) is 5.76 Å². The standard InChI is InChI=1S/C21H30N4O2/c1-22-21(26)20-18-12-16(23-13-17-8-5-11-27-17)9-10-19(18)25(24-20)14-15-6-3-2-4-7-15/h5,8,11,15-16,23H,2-4,6-7,9-10,12-14H2,1H3,(H,22,26). The first kappa shape index (κ1) is 18.3. The predicted molar refractivity (Wildman–Crippen MR) is 104 cm³/mol. The molecule has 0 radical (unpaired) electrons. The van der Waals surface area contributed by atoms with E-state index in [1.54, 1.807) is 13.3 Å². The molecule has 2 heterocycles. The summed E-state index contributed by atoms with van der Waals surface area (Å²) in [6, 6.07) is 4.24. The summed E-state index contributed by atoms with van der Waals surface area (Å²) in [5.74, 6) is 1.58. The van der Waals surface area contributed by atoms with E-state index >= 15 is 0 Å². The van der Waals surface area contributed by atoms with Crippen LogP contribution in [0.15, 0.2) is 22.8 Å². The van der Waals surface area contributed by atoms with E-state index in [0.717, 1.165) is 43.7 Å². The van der Waals surface area contributed by atoms with Crippen LogP contribution in [0, 0.1) is 5.92 Å². The first-order valence-electron chi connectivity index (χ1n) is 10.3. The average Bonchev–Trinajstić information content (AvgIpc) is 3.35. The molecule has 1 fully saturated rings. The third-order valence-electron chi connectivity index (χ3n) is 6.09. The molecule has 0 bridgehead atoms. The Kier molecular flexibility index (Phi) is 5.62. The number of aromatic nitrogens is 2. The Balaban J connectivity index is 1.50. The Morgan fingerprint density at radius 1 is 1.30 bits per heavy atom. The molecule has 2 aromatic rings. The van der Waals surface area contributed by atoms with Gasteiger partial charge in [-0.25, -0.2) is 0 Å². The third kappa shape index (κ3) is 4.10. The van der Waals surface area contributed by atoms with Crippen LogP contribution in [0.5, 0.6) is 0 Å². The molecule has 0 aromatic carbocycles. The lowest BCUT2D eigenvalue weighted by Gasteiger charge is -2.26. The Morgan fingerprint density at radius 3 is 2.89 bits per heavy atom. The lowest BCUT2D eigenvalue weighted by Crippen LogP contribution is -2.35. The molecular formula is C21H30N4O2. The van der Waals surface area contributed by atoms with Crippen LogP contribution in [0.3, 0.4) is 0 Å². The quantitative estimate of drug-likeness (QED) is 0.820. The maximum Gasteiger partial charge on any atom is 0.271 e. The summed E-state index contributed by atoms with van der Waals surface area (Å²) in [5, 5.41) is 11.1. The van der Waals surface area contributed by atoms with Gasteiger partial charge in [-0.05, 0) is 50.2 Å². The summed E-state index contributed by atoms with van der Waals surface area (Å²) < 4.78 is 7.57. The maximum absolute atomic E-state index is 12.4. The van der Waals surface area contributed by atoms with E-state index in [9.17, 15) is 4.79 Å². The van der Waals surface area contributed by atoms with Gasteiger partial charge in [0, 0.05) is 30.9 Å². The van der Waals surface area contributed by atoms with Gasteiger partial charge in [-0.1, -0.05) is 19.3 Å². The highest BCUT2D eigenvalue weighted by Crippen LogP contribution is 2.29. The van der Waals surface area contributed by atoms with Crippen LogP contribution >= 0.6 is 0 Å². The van der Waals surface area contributed by atoms with E-state index in [1.807, 2.05) is 12.1 Å². The monoisotopic (exact) mass is 370 g/mol. The SMILES string of the molecule is CNC(=O)c1nn(CC2CCCCC2)c2c1CC(NCc1ccco1)CC2. The van der Waals surface area contributed by atoms with Crippen molar-refractivity contribution in [1.29, 1.82) is 0 Å². The van der Waals surface area contributed by atoms with E-state index in [-0.39, 0.29) is 5.91 Å². The van der Waals surface area contributed by atoms with Crippen molar-refractivity contribution in [2.45, 2.75) is 70.5 Å². The van der Waals surface area contributed by atoms with Crippen molar-refractivity contribution < 1.29 is 9.21 Å². The molecular weight excluding hydrogens is 340 g/mol. The van der Waals surface area contributed by atoms with Crippen LogP contribution in [-0.2, 0) is 25.9 Å². The summed E-state index contributed by atoms with van der Waals surface area (Å²) in [6.07, 6.45) is 11.2. The number of carbonyl (C=O) groups excluding carboxylic acids is 1. The summed E-state index contributed by atoms with van der Waals surface area (Å²) in [7, 11) is 1.68. The van der Waals surface area contributed by atoms with Crippen molar-refractivity contribution >= 4 is 5.91 Å². The van der Waals surface area contributed by atoms with Crippen LogP contribution in [0.25, 0.3) is 0 Å². The normalized spacial score (nSPS) is 20.4. The van der Waals surface area contributed by atoms with Crippen LogP contribution in [0.1, 0.15) is 66.0 Å². The van der Waals surface area contributed by atoms with Crippen LogP contribution < -0.4 is 10.6 Å². The van der Waals surface area contributed by atoms with Gasteiger partial charge in [-0.2, -0.15) is 5.10 Å². The number of hydrogen-bond acceptors (Lipinski definition) is 4. The van der Waals surface area contributed by atoms with Gasteiger partial charge < -0.3 is 15.1 Å². The lowest BCUT2D eigenvalue weighted by molar-refractivity contribution is 0.0956. The Morgan fingerprint density at radius 2 is 2.15 bits per heavy atom. The largest absolute Gasteiger partial charge is 0.468 e. The number of fused-ring (bicyclic) bond motifs is 1. The molecule has 1 amide bonds. The van der Waals surface area contributed by atoms with Crippen molar-refractivity contribution in [3.8, 4) is 0 Å². The highest BCUT2D eigenvalue weighted by molar-refractivity contribution is 5.93. The van der Waals surface area contributed by atoms with E-state index < -0.39 is 0 Å². The topological polar surface area (TPSA) is 72.1 Å². The summed E-state index contributed by atoms with van der Waals surface area (Å²) in [6.45, 7) is 1.68. The van der Waals surface area contributed by atoms with Crippen molar-refractivity contribution in [1.82, 2.24) is 20.4 Å². The Bertz CT molecular complexity index is 759. The lowest BCUT2D eigenvalue weighted by atomic mass is 9.88. The van der Waals surface area contributed by atoms with E-state index in [4.69, 9.17) is 9.52 Å². The fraction of sp³-hybridized carbons (Fsp3) is 0.619. The number of furan rings is 1. The van der Waals surface area contributed by atoms with Gasteiger partial charge in [0.25, 0.3) is 5.91 Å². The van der Waals surface area contributed by atoms with E-state index in [1.165, 1.54) is 37.8 Å². The molecule has 1 atom stereocenters. The first-order valence-corrected chi connectivity index (χ1v) is 10.3. The maximum atomic E-state index is 12.4. The number of nitrogens with one attached hydrogen (secondary N) is 2. The van der Waals surface area contributed by atoms with Crippen LogP contribution in [0.4, 0.5) is 0 Å². The molecule has 2 aliphatic rings. The van der Waals surface area contributed by atoms with Crippen LogP contribution in [-0.4, -0.2) is 28.8 Å². The number of nitrogens with zero attached hydrogens (tertiary/aromatic N) is 2. The molecule has 4 rings (SSSR count). The molecule has 0 aliphatic heterocycles. The molecule has 2 N–H and O–H groups in total. The zero-order valence-corrected chi connectivity index (χ0v) is 16.2. The second kappa shape index (κ2) is 8.30. The van der Waals surface area contributed by atoms with Gasteiger partial charge in [0.2, 0.25) is 0 Å². The van der Waals surface area contributed by atoms with Crippen molar-refractivity contribution in [2.24, 2.45) is 5.92 Å². The van der Waals surface area contributed by atoms with Crippen molar-refractivity contribution in [2.75, 3.05) is 7.05 Å². The van der Waals surface area contributed by atoms with E-state index in [2.05, 4.69) is 15.3 Å². The Hall–Kier alpha value is -2.08. The molecule has 146 valence electrons. The average molecular weight is 370 g/mol. The summed E-state index contributed by atoms with van der Waals surface area (Å²) in [4.78, 5) is 12.4.